The van der Waals surface area contributed by atoms with E-state index in [4.69, 9.17) is 0 Å². The fourth-order valence-corrected chi connectivity index (χ4v) is 2.67. The first-order chi connectivity index (χ1) is 12.1. The summed E-state index contributed by atoms with van der Waals surface area (Å²) in [6.45, 7) is 2.61. The minimum atomic E-state index is -0.230. The van der Waals surface area contributed by atoms with E-state index in [1.807, 2.05) is 55.6 Å². The smallest absolute Gasteiger partial charge is 0.319 e. The van der Waals surface area contributed by atoms with E-state index in [0.717, 1.165) is 16.6 Å². The molecule has 2 N–H and O–H groups in total. The molecule has 128 valence electrons. The average Bonchev–Trinajstić information content (AvgIpc) is 2.66. The van der Waals surface area contributed by atoms with Gasteiger partial charge in [-0.25, -0.2) is 4.79 Å². The van der Waals surface area contributed by atoms with E-state index in [2.05, 4.69) is 39.6 Å². The van der Waals surface area contributed by atoms with Crippen LogP contribution in [0.4, 0.5) is 16.2 Å². The second-order valence-electron chi connectivity index (χ2n) is 6.01. The lowest BCUT2D eigenvalue weighted by Crippen LogP contribution is -2.41. The Morgan fingerprint density at radius 3 is 2.64 bits per heavy atom. The monoisotopic (exact) mass is 334 g/mol. The molecule has 0 spiro atoms. The third-order valence-corrected chi connectivity index (χ3v) is 4.26. The van der Waals surface area contributed by atoms with Crippen molar-refractivity contribution >= 4 is 28.3 Å². The molecule has 0 fully saturated rings. The van der Waals surface area contributed by atoms with Crippen molar-refractivity contribution in [1.82, 2.24) is 10.3 Å². The van der Waals surface area contributed by atoms with E-state index in [0.29, 0.717) is 12.2 Å². The van der Waals surface area contributed by atoms with E-state index >= 15 is 0 Å². The summed E-state index contributed by atoms with van der Waals surface area (Å²) in [6, 6.07) is 19.6. The highest BCUT2D eigenvalue weighted by Gasteiger charge is 2.12. The molecule has 5 heteroatoms. The minimum absolute atomic E-state index is 0.166. The Morgan fingerprint density at radius 1 is 1.08 bits per heavy atom. The number of anilines is 2. The summed E-state index contributed by atoms with van der Waals surface area (Å²) in [5.41, 5.74) is 2.62. The van der Waals surface area contributed by atoms with Gasteiger partial charge in [0.05, 0.1) is 11.2 Å². The van der Waals surface area contributed by atoms with E-state index < -0.39 is 0 Å². The zero-order valence-electron chi connectivity index (χ0n) is 14.4. The molecule has 0 saturated carbocycles. The normalized spacial score (nSPS) is 11.8. The first kappa shape index (κ1) is 16.8. The van der Waals surface area contributed by atoms with Crippen LogP contribution in [0.1, 0.15) is 6.92 Å². The molecule has 5 nitrogen and oxygen atoms in total. The van der Waals surface area contributed by atoms with Gasteiger partial charge in [-0.15, -0.1) is 0 Å². The van der Waals surface area contributed by atoms with E-state index in [9.17, 15) is 4.79 Å². The SMILES string of the molecule is C[C@H](CNC(=O)Nc1cccc2cccnc12)N(C)c1ccccc1. The van der Waals surface area contributed by atoms with Crippen LogP contribution in [-0.4, -0.2) is 30.6 Å². The molecule has 2 aromatic carbocycles. The number of para-hydroxylation sites is 2. The first-order valence-corrected chi connectivity index (χ1v) is 8.31. The second-order valence-corrected chi connectivity index (χ2v) is 6.01. The molecule has 0 aliphatic carbocycles. The van der Waals surface area contributed by atoms with Gasteiger partial charge in [0.2, 0.25) is 0 Å². The third-order valence-electron chi connectivity index (χ3n) is 4.26. The Morgan fingerprint density at radius 2 is 1.84 bits per heavy atom. The number of amides is 2. The van der Waals surface area contributed by atoms with E-state index in [-0.39, 0.29) is 12.1 Å². The van der Waals surface area contributed by atoms with Crippen LogP contribution in [0.25, 0.3) is 10.9 Å². The summed E-state index contributed by atoms with van der Waals surface area (Å²) in [6.07, 6.45) is 1.72. The van der Waals surface area contributed by atoms with Crippen molar-refractivity contribution in [2.75, 3.05) is 23.8 Å². The fourth-order valence-electron chi connectivity index (χ4n) is 2.67. The van der Waals surface area contributed by atoms with E-state index in [1.54, 1.807) is 6.20 Å². The van der Waals surface area contributed by atoms with Crippen LogP contribution < -0.4 is 15.5 Å². The molecular formula is C20H22N4O. The molecule has 0 saturated heterocycles. The predicted molar refractivity (Wildman–Crippen MR) is 103 cm³/mol. The Kier molecular flexibility index (Phi) is 5.14. The van der Waals surface area contributed by atoms with E-state index in [1.165, 1.54) is 0 Å². The fraction of sp³-hybridized carbons (Fsp3) is 0.200. The Bertz CT molecular complexity index is 845. The predicted octanol–water partition coefficient (Wildman–Crippen LogP) is 3.88. The standard InChI is InChI=1S/C20H22N4O/c1-15(24(2)17-10-4-3-5-11-17)14-22-20(25)23-18-12-6-8-16-9-7-13-21-19(16)18/h3-13,15H,14H2,1-2H3,(H2,22,23,25)/t15-/m1/s1. The maximum atomic E-state index is 12.3. The van der Waals surface area contributed by atoms with Gasteiger partial charge in [-0.05, 0) is 31.2 Å². The number of hydrogen-bond acceptors (Lipinski definition) is 3. The average molecular weight is 334 g/mol. The largest absolute Gasteiger partial charge is 0.370 e. The summed E-state index contributed by atoms with van der Waals surface area (Å²) in [5, 5.41) is 6.81. The third kappa shape index (κ3) is 4.07. The maximum Gasteiger partial charge on any atom is 0.319 e. The highest BCUT2D eigenvalue weighted by Crippen LogP contribution is 2.20. The van der Waals surface area contributed by atoms with Crippen molar-refractivity contribution < 1.29 is 4.79 Å². The number of nitrogens with one attached hydrogen (secondary N) is 2. The lowest BCUT2D eigenvalue weighted by Gasteiger charge is -2.27. The molecule has 1 aromatic heterocycles. The summed E-state index contributed by atoms with van der Waals surface area (Å²) in [7, 11) is 2.02. The molecule has 0 aliphatic heterocycles. The number of nitrogens with zero attached hydrogens (tertiary/aromatic N) is 2. The molecule has 25 heavy (non-hydrogen) atoms. The Balaban J connectivity index is 1.59. The van der Waals surface area contributed by atoms with Crippen LogP contribution in [-0.2, 0) is 0 Å². The number of rotatable bonds is 5. The van der Waals surface area contributed by atoms with Crippen LogP contribution in [0.3, 0.4) is 0 Å². The van der Waals surface area contributed by atoms with Crippen LogP contribution in [0.15, 0.2) is 66.9 Å². The van der Waals surface area contributed by atoms with Gasteiger partial charge < -0.3 is 15.5 Å². The maximum absolute atomic E-state index is 12.3. The van der Waals surface area contributed by atoms with Crippen molar-refractivity contribution in [2.24, 2.45) is 0 Å². The topological polar surface area (TPSA) is 57.3 Å². The molecule has 0 unspecified atom stereocenters. The van der Waals surface area contributed by atoms with Crippen molar-refractivity contribution in [3.8, 4) is 0 Å². The number of carbonyl (C=O) groups excluding carboxylic acids is 1. The molecule has 1 atom stereocenters. The molecule has 0 bridgehead atoms. The number of carbonyl (C=O) groups is 1. The molecule has 0 radical (unpaired) electrons. The minimum Gasteiger partial charge on any atom is -0.370 e. The number of fused-ring (bicyclic) bond motifs is 1. The Labute approximate surface area is 147 Å². The number of likely N-dealkylation sites (N-methyl/N-ethyl adjacent to an activating group) is 1. The number of hydrogen-bond donors (Lipinski definition) is 2. The van der Waals surface area contributed by atoms with Gasteiger partial charge in [0.15, 0.2) is 0 Å². The van der Waals surface area contributed by atoms with Gasteiger partial charge in [-0.3, -0.25) is 4.98 Å². The molecule has 1 heterocycles. The number of benzene rings is 2. The summed E-state index contributed by atoms with van der Waals surface area (Å²) < 4.78 is 0. The molecule has 0 aliphatic rings. The highest BCUT2D eigenvalue weighted by atomic mass is 16.2. The van der Waals surface area contributed by atoms with Gasteiger partial charge >= 0.3 is 6.03 Å². The van der Waals surface area contributed by atoms with Gasteiger partial charge in [-0.1, -0.05) is 36.4 Å². The van der Waals surface area contributed by atoms with Gasteiger partial charge in [0, 0.05) is 36.9 Å². The molecule has 2 amide bonds. The van der Waals surface area contributed by atoms with Crippen molar-refractivity contribution in [2.45, 2.75) is 13.0 Å². The van der Waals surface area contributed by atoms with Gasteiger partial charge in [-0.2, -0.15) is 0 Å². The zero-order chi connectivity index (χ0) is 17.6. The van der Waals surface area contributed by atoms with Crippen molar-refractivity contribution in [3.63, 3.8) is 0 Å². The van der Waals surface area contributed by atoms with Gasteiger partial charge in [0.1, 0.15) is 0 Å². The van der Waals surface area contributed by atoms with Crippen LogP contribution in [0.5, 0.6) is 0 Å². The quantitative estimate of drug-likeness (QED) is 0.744. The van der Waals surface area contributed by atoms with Crippen LogP contribution in [0, 0.1) is 0 Å². The van der Waals surface area contributed by atoms with Crippen molar-refractivity contribution in [3.05, 3.63) is 66.9 Å². The van der Waals surface area contributed by atoms with Gasteiger partial charge in [0.25, 0.3) is 0 Å². The highest BCUT2D eigenvalue weighted by molar-refractivity contribution is 5.99. The zero-order valence-corrected chi connectivity index (χ0v) is 14.4. The summed E-state index contributed by atoms with van der Waals surface area (Å²) >= 11 is 0. The lowest BCUT2D eigenvalue weighted by atomic mass is 10.2. The summed E-state index contributed by atoms with van der Waals surface area (Å²) in [4.78, 5) is 18.7. The van der Waals surface area contributed by atoms with Crippen LogP contribution >= 0.6 is 0 Å². The lowest BCUT2D eigenvalue weighted by molar-refractivity contribution is 0.251. The molecule has 3 aromatic rings. The number of pyridine rings is 1. The van der Waals surface area contributed by atoms with Crippen LogP contribution in [0.2, 0.25) is 0 Å². The second kappa shape index (κ2) is 7.66. The Hall–Kier alpha value is -3.08. The number of aromatic nitrogens is 1. The molecule has 3 rings (SSSR count). The number of urea groups is 1. The van der Waals surface area contributed by atoms with Crippen molar-refractivity contribution in [1.29, 1.82) is 0 Å². The summed E-state index contributed by atoms with van der Waals surface area (Å²) in [5.74, 6) is 0. The molecular weight excluding hydrogens is 312 g/mol. The first-order valence-electron chi connectivity index (χ1n) is 8.31.